The smallest absolute Gasteiger partial charge is 0.195 e. The van der Waals surface area contributed by atoms with Crippen LogP contribution < -0.4 is 0 Å². The normalized spacial score (nSPS) is 11.8. The van der Waals surface area contributed by atoms with E-state index >= 15 is 0 Å². The van der Waals surface area contributed by atoms with Gasteiger partial charge in [-0.15, -0.1) is 11.3 Å². The number of Topliss-reactive ketones (excluding diaryl/α,β-unsaturated/α-hetero) is 1. The minimum absolute atomic E-state index is 0.193. The van der Waals surface area contributed by atoms with Crippen LogP contribution in [0.25, 0.3) is 0 Å². The Kier molecular flexibility index (Phi) is 3.90. The number of carbonyl (C=O) groups is 1. The van der Waals surface area contributed by atoms with E-state index in [0.717, 1.165) is 9.48 Å². The number of halogens is 1. The Morgan fingerprint density at radius 2 is 2.33 bits per heavy atom. The lowest BCUT2D eigenvalue weighted by Crippen LogP contribution is -2.09. The summed E-state index contributed by atoms with van der Waals surface area (Å²) in [6.45, 7) is 1.84. The fourth-order valence-electron chi connectivity index (χ4n) is 1.59. The maximum atomic E-state index is 12.2. The Balaban J connectivity index is 2.35. The van der Waals surface area contributed by atoms with Crippen LogP contribution in [-0.2, 0) is 0 Å². The Hall–Kier alpha value is -1.51. The van der Waals surface area contributed by atoms with Gasteiger partial charge in [0.05, 0.1) is 16.0 Å². The summed E-state index contributed by atoms with van der Waals surface area (Å²) in [4.78, 5) is 16.8. The molecule has 2 aromatic rings. The van der Waals surface area contributed by atoms with Crippen LogP contribution in [0, 0.1) is 18.3 Å². The molecule has 0 aliphatic carbocycles. The Labute approximate surface area is 117 Å². The second kappa shape index (κ2) is 5.42. The molecule has 0 N–H and O–H groups in total. The highest BCUT2D eigenvalue weighted by Gasteiger charge is 2.23. The van der Waals surface area contributed by atoms with Gasteiger partial charge >= 0.3 is 0 Å². The van der Waals surface area contributed by atoms with E-state index in [2.05, 4.69) is 27.0 Å². The molecule has 0 spiro atoms. The van der Waals surface area contributed by atoms with Gasteiger partial charge in [-0.2, -0.15) is 5.26 Å². The zero-order valence-corrected chi connectivity index (χ0v) is 12.0. The minimum Gasteiger partial charge on any atom is -0.291 e. The molecule has 0 aliphatic rings. The topological polar surface area (TPSA) is 53.8 Å². The van der Waals surface area contributed by atoms with Crippen LogP contribution in [0.4, 0.5) is 0 Å². The first-order chi connectivity index (χ1) is 8.61. The average molecular weight is 321 g/mol. The summed E-state index contributed by atoms with van der Waals surface area (Å²) >= 11 is 4.65. The van der Waals surface area contributed by atoms with Crippen LogP contribution in [-0.4, -0.2) is 10.8 Å². The average Bonchev–Trinajstić information content (AvgIpc) is 2.77. The van der Waals surface area contributed by atoms with E-state index in [1.807, 2.05) is 19.1 Å². The van der Waals surface area contributed by atoms with Gasteiger partial charge in [0.25, 0.3) is 0 Å². The second-order valence-corrected chi connectivity index (χ2v) is 5.88. The summed E-state index contributed by atoms with van der Waals surface area (Å²) in [6.07, 6.45) is 1.53. The second-order valence-electron chi connectivity index (χ2n) is 3.72. The minimum atomic E-state index is -0.776. The third-order valence-electron chi connectivity index (χ3n) is 2.44. The Bertz CT molecular complexity index is 630. The van der Waals surface area contributed by atoms with E-state index in [0.29, 0.717) is 10.4 Å². The van der Waals surface area contributed by atoms with Crippen molar-refractivity contribution < 1.29 is 4.79 Å². The van der Waals surface area contributed by atoms with E-state index in [1.54, 1.807) is 12.1 Å². The molecule has 0 saturated heterocycles. The molecule has 2 rings (SSSR count). The highest BCUT2D eigenvalue weighted by molar-refractivity contribution is 9.10. The molecule has 18 heavy (non-hydrogen) atoms. The number of nitriles is 1. The number of aromatic nitrogens is 1. The van der Waals surface area contributed by atoms with E-state index in [4.69, 9.17) is 0 Å². The number of ketones is 1. The van der Waals surface area contributed by atoms with Crippen LogP contribution in [0.2, 0.25) is 0 Å². The van der Waals surface area contributed by atoms with E-state index < -0.39 is 5.92 Å². The maximum Gasteiger partial charge on any atom is 0.195 e. The van der Waals surface area contributed by atoms with Gasteiger partial charge in [0.2, 0.25) is 0 Å². The third-order valence-corrected chi connectivity index (χ3v) is 3.86. The van der Waals surface area contributed by atoms with Crippen molar-refractivity contribution in [1.29, 1.82) is 5.26 Å². The first-order valence-electron chi connectivity index (χ1n) is 5.23. The summed E-state index contributed by atoms with van der Waals surface area (Å²) < 4.78 is 0.855. The molecular weight excluding hydrogens is 312 g/mol. The summed E-state index contributed by atoms with van der Waals surface area (Å²) in [7, 11) is 0. The van der Waals surface area contributed by atoms with Gasteiger partial charge in [-0.05, 0) is 24.6 Å². The number of benzene rings is 1. The van der Waals surface area contributed by atoms with Crippen LogP contribution in [0.5, 0.6) is 0 Å². The molecule has 1 unspecified atom stereocenters. The van der Waals surface area contributed by atoms with Gasteiger partial charge < -0.3 is 0 Å². The molecule has 0 bridgehead atoms. The number of thiazole rings is 1. The number of nitrogens with zero attached hydrogens (tertiary/aromatic N) is 2. The van der Waals surface area contributed by atoms with Crippen molar-refractivity contribution in [3.63, 3.8) is 0 Å². The molecule has 0 aliphatic heterocycles. The monoisotopic (exact) mass is 320 g/mol. The molecule has 1 atom stereocenters. The van der Waals surface area contributed by atoms with Crippen molar-refractivity contribution >= 4 is 33.0 Å². The third kappa shape index (κ3) is 2.66. The molecule has 1 aromatic heterocycles. The predicted molar refractivity (Wildman–Crippen MR) is 73.7 cm³/mol. The lowest BCUT2D eigenvalue weighted by molar-refractivity contribution is 0.0982. The lowest BCUT2D eigenvalue weighted by Gasteiger charge is -2.07. The van der Waals surface area contributed by atoms with Gasteiger partial charge in [-0.1, -0.05) is 28.1 Å². The van der Waals surface area contributed by atoms with Crippen LogP contribution in [0.15, 0.2) is 34.9 Å². The standard InChI is InChI=1S/C13H9BrN2OS/c1-8-16-7-12(18-8)13(17)11(6-15)9-3-2-4-10(14)5-9/h2-5,7,11H,1H3. The molecular formula is C13H9BrN2OS. The predicted octanol–water partition coefficient (Wildman–Crippen LogP) is 3.70. The quantitative estimate of drug-likeness (QED) is 0.810. The van der Waals surface area contributed by atoms with Crippen LogP contribution in [0.1, 0.15) is 26.2 Å². The van der Waals surface area contributed by atoms with Gasteiger partial charge in [-0.3, -0.25) is 4.79 Å². The fraction of sp³-hybridized carbons (Fsp3) is 0.154. The number of hydrogen-bond acceptors (Lipinski definition) is 4. The molecule has 3 nitrogen and oxygen atoms in total. The summed E-state index contributed by atoms with van der Waals surface area (Å²) in [5, 5.41) is 10.0. The molecule has 5 heteroatoms. The van der Waals surface area contributed by atoms with Crippen molar-refractivity contribution in [2.75, 3.05) is 0 Å². The summed E-state index contributed by atoms with van der Waals surface area (Å²) in [5.41, 5.74) is 0.697. The van der Waals surface area contributed by atoms with E-state index in [-0.39, 0.29) is 5.78 Å². The molecule has 90 valence electrons. The SMILES string of the molecule is Cc1ncc(C(=O)C(C#N)c2cccc(Br)c2)s1. The van der Waals surface area contributed by atoms with Gasteiger partial charge in [0.1, 0.15) is 5.92 Å². The first kappa shape index (κ1) is 12.9. The fourth-order valence-corrected chi connectivity index (χ4v) is 2.75. The maximum absolute atomic E-state index is 12.2. The Morgan fingerprint density at radius 3 is 2.89 bits per heavy atom. The zero-order valence-electron chi connectivity index (χ0n) is 9.55. The van der Waals surface area contributed by atoms with Crippen LogP contribution >= 0.6 is 27.3 Å². The summed E-state index contributed by atoms with van der Waals surface area (Å²) in [6, 6.07) is 9.31. The van der Waals surface area contributed by atoms with Gasteiger partial charge in [0, 0.05) is 10.7 Å². The van der Waals surface area contributed by atoms with Crippen molar-refractivity contribution in [2.24, 2.45) is 0 Å². The molecule has 1 heterocycles. The first-order valence-corrected chi connectivity index (χ1v) is 6.84. The number of carbonyl (C=O) groups excluding carboxylic acids is 1. The van der Waals surface area contributed by atoms with E-state index in [1.165, 1.54) is 17.5 Å². The van der Waals surface area contributed by atoms with Gasteiger partial charge in [0.15, 0.2) is 5.78 Å². The molecule has 0 fully saturated rings. The van der Waals surface area contributed by atoms with Crippen LogP contribution in [0.3, 0.4) is 0 Å². The van der Waals surface area contributed by atoms with E-state index in [9.17, 15) is 10.1 Å². The lowest BCUT2D eigenvalue weighted by atomic mass is 9.96. The largest absolute Gasteiger partial charge is 0.291 e. The Morgan fingerprint density at radius 1 is 1.56 bits per heavy atom. The van der Waals surface area contributed by atoms with Gasteiger partial charge in [-0.25, -0.2) is 4.98 Å². The number of rotatable bonds is 3. The number of hydrogen-bond donors (Lipinski definition) is 0. The van der Waals surface area contributed by atoms with Crippen molar-refractivity contribution in [3.8, 4) is 6.07 Å². The molecule has 0 radical (unpaired) electrons. The molecule has 0 amide bonds. The molecule has 0 saturated carbocycles. The van der Waals surface area contributed by atoms with Crippen molar-refractivity contribution in [2.45, 2.75) is 12.8 Å². The van der Waals surface area contributed by atoms with Crippen molar-refractivity contribution in [1.82, 2.24) is 4.98 Å². The zero-order chi connectivity index (χ0) is 13.1. The summed E-state index contributed by atoms with van der Waals surface area (Å²) in [5.74, 6) is -0.969. The van der Waals surface area contributed by atoms with Crippen molar-refractivity contribution in [3.05, 3.63) is 50.4 Å². The highest BCUT2D eigenvalue weighted by atomic mass is 79.9. The highest BCUT2D eigenvalue weighted by Crippen LogP contribution is 2.25. The molecule has 1 aromatic carbocycles. The number of aryl methyl sites for hydroxylation is 1.